The Hall–Kier alpha value is -3.60. The van der Waals surface area contributed by atoms with Crippen LogP contribution in [-0.4, -0.2) is 22.2 Å². The van der Waals surface area contributed by atoms with Crippen molar-refractivity contribution in [3.05, 3.63) is 71.3 Å². The fraction of sp³-hybridized carbons (Fsp3) is 0.0476. The van der Waals surface area contributed by atoms with Gasteiger partial charge in [-0.05, 0) is 59.7 Å². The minimum atomic E-state index is -1.00. The van der Waals surface area contributed by atoms with Crippen molar-refractivity contribution < 1.29 is 24.5 Å². The molecule has 5 nitrogen and oxygen atoms in total. The molecule has 5 heteroatoms. The predicted molar refractivity (Wildman–Crippen MR) is 97.8 cm³/mol. The highest BCUT2D eigenvalue weighted by molar-refractivity contribution is 6.20. The van der Waals surface area contributed by atoms with Crippen LogP contribution < -0.4 is 4.74 Å². The van der Waals surface area contributed by atoms with Gasteiger partial charge in [-0.1, -0.05) is 18.2 Å². The highest BCUT2D eigenvalue weighted by Gasteiger charge is 2.18. The number of ether oxygens (including phenoxy) is 1. The largest absolute Gasteiger partial charge is 0.478 e. The molecule has 0 amide bonds. The van der Waals surface area contributed by atoms with E-state index in [0.29, 0.717) is 16.9 Å². The molecule has 0 aliphatic heterocycles. The zero-order chi connectivity index (χ0) is 18.4. The van der Waals surface area contributed by atoms with Crippen molar-refractivity contribution >= 4 is 33.5 Å². The first kappa shape index (κ1) is 15.9. The monoisotopic (exact) mass is 346 g/mol. The zero-order valence-corrected chi connectivity index (χ0v) is 13.8. The van der Waals surface area contributed by atoms with E-state index in [9.17, 15) is 14.7 Å². The van der Waals surface area contributed by atoms with Gasteiger partial charge in [0.05, 0.1) is 11.1 Å². The van der Waals surface area contributed by atoms with E-state index in [0.717, 1.165) is 21.7 Å². The lowest BCUT2D eigenvalue weighted by Crippen LogP contribution is -2.01. The molecule has 0 heterocycles. The molecule has 0 aromatic heterocycles. The first-order valence-electron chi connectivity index (χ1n) is 7.98. The van der Waals surface area contributed by atoms with E-state index < -0.39 is 11.9 Å². The summed E-state index contributed by atoms with van der Waals surface area (Å²) in [5.74, 6) is -0.971. The average molecular weight is 346 g/mol. The van der Waals surface area contributed by atoms with Crippen molar-refractivity contribution in [2.75, 3.05) is 0 Å². The first-order valence-corrected chi connectivity index (χ1v) is 7.98. The third kappa shape index (κ3) is 2.41. The quantitative estimate of drug-likeness (QED) is 0.547. The molecule has 0 aliphatic rings. The van der Waals surface area contributed by atoms with Gasteiger partial charge in [-0.3, -0.25) is 0 Å². The van der Waals surface area contributed by atoms with Crippen molar-refractivity contribution in [1.29, 1.82) is 0 Å². The fourth-order valence-electron chi connectivity index (χ4n) is 3.31. The summed E-state index contributed by atoms with van der Waals surface area (Å²) >= 11 is 0. The van der Waals surface area contributed by atoms with Gasteiger partial charge in [0.25, 0.3) is 0 Å². The van der Waals surface area contributed by atoms with Gasteiger partial charge in [-0.15, -0.1) is 0 Å². The highest BCUT2D eigenvalue weighted by Crippen LogP contribution is 2.40. The molecule has 0 aliphatic carbocycles. The number of carbonyl (C=O) groups is 2. The lowest BCUT2D eigenvalue weighted by Gasteiger charge is -2.16. The molecule has 26 heavy (non-hydrogen) atoms. The number of aryl methyl sites for hydroxylation is 1. The van der Waals surface area contributed by atoms with E-state index in [4.69, 9.17) is 9.84 Å². The number of rotatable bonds is 4. The zero-order valence-electron chi connectivity index (χ0n) is 13.8. The van der Waals surface area contributed by atoms with E-state index in [-0.39, 0.29) is 11.1 Å². The highest BCUT2D eigenvalue weighted by atomic mass is 16.5. The summed E-state index contributed by atoms with van der Waals surface area (Å²) in [6.45, 7) is 1.95. The molecule has 5 aromatic carbocycles. The topological polar surface area (TPSA) is 83.8 Å². The van der Waals surface area contributed by atoms with Gasteiger partial charge >= 0.3 is 11.9 Å². The number of fused-ring (bicyclic) bond motifs is 2. The maximum atomic E-state index is 11.7. The summed E-state index contributed by atoms with van der Waals surface area (Å²) in [6, 6.07) is 15.1. The van der Waals surface area contributed by atoms with Crippen molar-refractivity contribution in [1.82, 2.24) is 0 Å². The third-order valence-corrected chi connectivity index (χ3v) is 4.51. The normalized spacial score (nSPS) is 11.1. The smallest absolute Gasteiger partial charge is 0.336 e. The number of hydrogen-bond acceptors (Lipinski definition) is 3. The maximum Gasteiger partial charge on any atom is 0.336 e. The van der Waals surface area contributed by atoms with Crippen LogP contribution in [-0.2, 0) is 0 Å². The Morgan fingerprint density at radius 1 is 0.846 bits per heavy atom. The molecule has 128 valence electrons. The molecule has 0 unspecified atom stereocenters. The first-order chi connectivity index (χ1) is 12.5. The van der Waals surface area contributed by atoms with Crippen molar-refractivity contribution in [2.45, 2.75) is 6.92 Å². The molecule has 2 N–H and O–H groups in total. The molecule has 0 atom stereocenters. The van der Waals surface area contributed by atoms with Crippen LogP contribution >= 0.6 is 0 Å². The molecule has 0 saturated carbocycles. The summed E-state index contributed by atoms with van der Waals surface area (Å²) in [7, 11) is 0. The molecule has 5 rings (SSSR count). The fourth-order valence-corrected chi connectivity index (χ4v) is 3.31. The van der Waals surface area contributed by atoms with Crippen LogP contribution in [0.15, 0.2) is 54.6 Å². The van der Waals surface area contributed by atoms with E-state index in [1.54, 1.807) is 18.2 Å². The van der Waals surface area contributed by atoms with Crippen LogP contribution in [0.5, 0.6) is 11.5 Å². The minimum absolute atomic E-state index is 0.172. The summed E-state index contributed by atoms with van der Waals surface area (Å²) in [5, 5.41) is 21.7. The van der Waals surface area contributed by atoms with Gasteiger partial charge in [0.15, 0.2) is 0 Å². The van der Waals surface area contributed by atoms with Crippen LogP contribution in [0, 0.1) is 6.92 Å². The molecule has 0 saturated heterocycles. The van der Waals surface area contributed by atoms with Crippen LogP contribution in [0.3, 0.4) is 0 Å². The van der Waals surface area contributed by atoms with Crippen LogP contribution in [0.25, 0.3) is 21.5 Å². The Morgan fingerprint density at radius 3 is 2.19 bits per heavy atom. The molecule has 2 bridgehead atoms. The molecule has 0 radical (unpaired) electrons. The third-order valence-electron chi connectivity index (χ3n) is 4.51. The maximum absolute atomic E-state index is 11.7. The van der Waals surface area contributed by atoms with Crippen molar-refractivity contribution in [3.63, 3.8) is 0 Å². The van der Waals surface area contributed by atoms with Crippen LogP contribution in [0.1, 0.15) is 26.3 Å². The Bertz CT molecular complexity index is 1160. The van der Waals surface area contributed by atoms with E-state index in [2.05, 4.69) is 0 Å². The number of hydrogen-bond donors (Lipinski definition) is 2. The van der Waals surface area contributed by atoms with Gasteiger partial charge in [-0.2, -0.15) is 0 Å². The second-order valence-electron chi connectivity index (χ2n) is 6.13. The number of aromatic carboxylic acids is 2. The number of carboxylic acid groups (broad SMARTS) is 2. The van der Waals surface area contributed by atoms with E-state index in [1.807, 2.05) is 25.1 Å². The van der Waals surface area contributed by atoms with Crippen molar-refractivity contribution in [3.8, 4) is 11.5 Å². The van der Waals surface area contributed by atoms with Gasteiger partial charge in [0.2, 0.25) is 0 Å². The molecular formula is C21H14O5. The number of benzene rings is 5. The van der Waals surface area contributed by atoms with Crippen molar-refractivity contribution in [2.24, 2.45) is 0 Å². The lowest BCUT2D eigenvalue weighted by atomic mass is 9.91. The van der Waals surface area contributed by atoms with Gasteiger partial charge in [0.1, 0.15) is 11.5 Å². The molecule has 0 spiro atoms. The average Bonchev–Trinajstić information content (AvgIpc) is 2.62. The summed E-state index contributed by atoms with van der Waals surface area (Å²) in [5.41, 5.74) is 1.42. The lowest BCUT2D eigenvalue weighted by molar-refractivity contribution is 0.0687. The standard InChI is InChI=1S/C21H14O5/c1-11-10-13-4-7-15(11)19-16(21(24)25)8-9-17(18(13)19)26-14-5-2-12(3-6-14)20(22)23/h2-10H,1H3,(H,22,23)(H,24,25). The van der Waals surface area contributed by atoms with Gasteiger partial charge in [-0.25, -0.2) is 9.59 Å². The second-order valence-corrected chi connectivity index (χ2v) is 6.13. The van der Waals surface area contributed by atoms with Crippen LogP contribution in [0.2, 0.25) is 0 Å². The van der Waals surface area contributed by atoms with Crippen LogP contribution in [0.4, 0.5) is 0 Å². The second kappa shape index (κ2) is 5.74. The summed E-state index contributed by atoms with van der Waals surface area (Å²) < 4.78 is 5.95. The molecule has 5 aromatic rings. The summed E-state index contributed by atoms with van der Waals surface area (Å²) in [6.07, 6.45) is 0. The van der Waals surface area contributed by atoms with Gasteiger partial charge in [0, 0.05) is 10.8 Å². The Kier molecular flexibility index (Phi) is 3.51. The minimum Gasteiger partial charge on any atom is -0.478 e. The SMILES string of the molecule is Cc1cc2ccc1c1c(C(=O)O)ccc(Oc3ccc(C(=O)O)cc3)c21. The van der Waals surface area contributed by atoms with E-state index in [1.165, 1.54) is 18.2 Å². The molecular weight excluding hydrogens is 332 g/mol. The van der Waals surface area contributed by atoms with Gasteiger partial charge < -0.3 is 14.9 Å². The predicted octanol–water partition coefficient (Wildman–Crippen LogP) is 4.93. The Morgan fingerprint density at radius 2 is 1.58 bits per heavy atom. The molecule has 0 fully saturated rings. The van der Waals surface area contributed by atoms with E-state index >= 15 is 0 Å². The summed E-state index contributed by atoms with van der Waals surface area (Å²) in [4.78, 5) is 22.6. The Balaban J connectivity index is 1.89. The number of carboxylic acids is 2. The Labute approximate surface area is 148 Å².